The number of carbonyl (C=O) groups is 1. The van der Waals surface area contributed by atoms with Gasteiger partial charge in [0, 0.05) is 32.4 Å². The molecule has 0 radical (unpaired) electrons. The van der Waals surface area contributed by atoms with Crippen molar-refractivity contribution in [3.05, 3.63) is 24.4 Å². The maximum atomic E-state index is 11.7. The number of nitrogens with one attached hydrogen (secondary N) is 1. The van der Waals surface area contributed by atoms with Crippen molar-refractivity contribution in [3.63, 3.8) is 0 Å². The van der Waals surface area contributed by atoms with E-state index in [1.165, 1.54) is 0 Å². The van der Waals surface area contributed by atoms with Crippen molar-refractivity contribution in [2.75, 3.05) is 25.1 Å². The maximum absolute atomic E-state index is 11.7. The largest absolute Gasteiger partial charge is 0.372 e. The van der Waals surface area contributed by atoms with Crippen molar-refractivity contribution in [3.8, 4) is 0 Å². The van der Waals surface area contributed by atoms with E-state index < -0.39 is 0 Å². The zero-order chi connectivity index (χ0) is 13.7. The Morgan fingerprint density at radius 2 is 2.21 bits per heavy atom. The standard InChI is InChI=1S/C14H21N3O2/c1-11(19-2)14(18)16-12-6-9-17(10-7-12)13-5-3-4-8-15-13/h3-5,8,11-12H,6-7,9-10H2,1-2H3,(H,16,18). The third-order valence-electron chi connectivity index (χ3n) is 3.54. The van der Waals surface area contributed by atoms with Crippen LogP contribution in [0.15, 0.2) is 24.4 Å². The van der Waals surface area contributed by atoms with Crippen LogP contribution in [-0.2, 0) is 9.53 Å². The number of nitrogens with zero attached hydrogens (tertiary/aromatic N) is 2. The molecule has 0 aliphatic carbocycles. The van der Waals surface area contributed by atoms with Gasteiger partial charge in [0.05, 0.1) is 0 Å². The van der Waals surface area contributed by atoms with E-state index in [1.807, 2.05) is 24.4 Å². The molecule has 1 fully saturated rings. The number of rotatable bonds is 4. The molecule has 0 bridgehead atoms. The average molecular weight is 263 g/mol. The topological polar surface area (TPSA) is 54.5 Å². The molecule has 2 rings (SSSR count). The van der Waals surface area contributed by atoms with Gasteiger partial charge < -0.3 is 15.0 Å². The monoisotopic (exact) mass is 263 g/mol. The van der Waals surface area contributed by atoms with Crippen LogP contribution in [0.1, 0.15) is 19.8 Å². The second-order valence-corrected chi connectivity index (χ2v) is 4.84. The summed E-state index contributed by atoms with van der Waals surface area (Å²) >= 11 is 0. The molecule has 19 heavy (non-hydrogen) atoms. The molecule has 0 saturated carbocycles. The molecular formula is C14H21N3O2. The van der Waals surface area contributed by atoms with Crippen LogP contribution in [0.3, 0.4) is 0 Å². The van der Waals surface area contributed by atoms with E-state index in [0.29, 0.717) is 0 Å². The molecule has 1 N–H and O–H groups in total. The lowest BCUT2D eigenvalue weighted by Crippen LogP contribution is -2.47. The van der Waals surface area contributed by atoms with Crippen molar-refractivity contribution in [1.29, 1.82) is 0 Å². The first-order valence-electron chi connectivity index (χ1n) is 6.70. The predicted molar refractivity (Wildman–Crippen MR) is 74.1 cm³/mol. The molecule has 0 aromatic carbocycles. The number of methoxy groups -OCH3 is 1. The van der Waals surface area contributed by atoms with Crippen LogP contribution in [-0.4, -0.2) is 43.2 Å². The lowest BCUT2D eigenvalue weighted by Gasteiger charge is -2.33. The SMILES string of the molecule is COC(C)C(=O)NC1CCN(c2ccccn2)CC1. The molecule has 1 aromatic rings. The van der Waals surface area contributed by atoms with E-state index in [2.05, 4.69) is 15.2 Å². The quantitative estimate of drug-likeness (QED) is 0.887. The molecule has 1 aromatic heterocycles. The van der Waals surface area contributed by atoms with E-state index >= 15 is 0 Å². The fourth-order valence-corrected chi connectivity index (χ4v) is 2.22. The first-order valence-corrected chi connectivity index (χ1v) is 6.70. The molecule has 5 heteroatoms. The first kappa shape index (κ1) is 13.8. The van der Waals surface area contributed by atoms with Gasteiger partial charge in [-0.25, -0.2) is 4.98 Å². The summed E-state index contributed by atoms with van der Waals surface area (Å²) in [6.07, 6.45) is 3.31. The van der Waals surface area contributed by atoms with Crippen LogP contribution in [0, 0.1) is 0 Å². The Bertz CT molecular complexity index is 402. The van der Waals surface area contributed by atoms with E-state index in [9.17, 15) is 4.79 Å². The summed E-state index contributed by atoms with van der Waals surface area (Å²) in [6, 6.07) is 6.18. The van der Waals surface area contributed by atoms with Gasteiger partial charge in [0.25, 0.3) is 0 Å². The maximum Gasteiger partial charge on any atom is 0.249 e. The molecule has 1 saturated heterocycles. The van der Waals surface area contributed by atoms with Crippen molar-refractivity contribution in [1.82, 2.24) is 10.3 Å². The number of pyridine rings is 1. The minimum Gasteiger partial charge on any atom is -0.372 e. The van der Waals surface area contributed by atoms with Gasteiger partial charge in [-0.3, -0.25) is 4.79 Å². The smallest absolute Gasteiger partial charge is 0.249 e. The summed E-state index contributed by atoms with van der Waals surface area (Å²) in [5, 5.41) is 3.03. The minimum absolute atomic E-state index is 0.0289. The zero-order valence-corrected chi connectivity index (χ0v) is 11.5. The molecule has 1 unspecified atom stereocenters. The van der Waals surface area contributed by atoms with Gasteiger partial charge in [0.15, 0.2) is 0 Å². The molecule has 0 spiro atoms. The number of amides is 1. The van der Waals surface area contributed by atoms with Crippen LogP contribution in [0.25, 0.3) is 0 Å². The van der Waals surface area contributed by atoms with Crippen molar-refractivity contribution < 1.29 is 9.53 Å². The van der Waals surface area contributed by atoms with Crippen LogP contribution >= 0.6 is 0 Å². The van der Waals surface area contributed by atoms with Gasteiger partial charge in [0.1, 0.15) is 11.9 Å². The van der Waals surface area contributed by atoms with Gasteiger partial charge in [-0.2, -0.15) is 0 Å². The highest BCUT2D eigenvalue weighted by molar-refractivity contribution is 5.80. The van der Waals surface area contributed by atoms with Crippen molar-refractivity contribution in [2.24, 2.45) is 0 Å². The van der Waals surface area contributed by atoms with Gasteiger partial charge in [-0.15, -0.1) is 0 Å². The molecule has 1 aliphatic rings. The van der Waals surface area contributed by atoms with E-state index in [0.717, 1.165) is 31.7 Å². The number of carbonyl (C=O) groups excluding carboxylic acids is 1. The predicted octanol–water partition coefficient (Wildman–Crippen LogP) is 1.20. The normalized spacial score (nSPS) is 18.1. The van der Waals surface area contributed by atoms with Crippen molar-refractivity contribution >= 4 is 11.7 Å². The van der Waals surface area contributed by atoms with E-state index in [1.54, 1.807) is 14.0 Å². The van der Waals surface area contributed by atoms with E-state index in [-0.39, 0.29) is 18.1 Å². The average Bonchev–Trinajstić information content (AvgIpc) is 2.48. The Labute approximate surface area is 114 Å². The second kappa shape index (κ2) is 6.52. The van der Waals surface area contributed by atoms with Crippen LogP contribution in [0.2, 0.25) is 0 Å². The van der Waals surface area contributed by atoms with Crippen LogP contribution in [0.5, 0.6) is 0 Å². The second-order valence-electron chi connectivity index (χ2n) is 4.84. The molecule has 5 nitrogen and oxygen atoms in total. The Balaban J connectivity index is 1.81. The minimum atomic E-state index is -0.381. The molecule has 1 aliphatic heterocycles. The molecule has 1 atom stereocenters. The highest BCUT2D eigenvalue weighted by Crippen LogP contribution is 2.17. The number of hydrogen-bond donors (Lipinski definition) is 1. The third kappa shape index (κ3) is 3.67. The highest BCUT2D eigenvalue weighted by Gasteiger charge is 2.23. The molecule has 104 valence electrons. The van der Waals surface area contributed by atoms with Crippen molar-refractivity contribution in [2.45, 2.75) is 31.9 Å². The summed E-state index contributed by atoms with van der Waals surface area (Å²) in [4.78, 5) is 18.3. The number of anilines is 1. The molecular weight excluding hydrogens is 242 g/mol. The van der Waals surface area contributed by atoms with Crippen LogP contribution < -0.4 is 10.2 Å². The lowest BCUT2D eigenvalue weighted by atomic mass is 10.0. The lowest BCUT2D eigenvalue weighted by molar-refractivity contribution is -0.130. The number of piperidine rings is 1. The number of hydrogen-bond acceptors (Lipinski definition) is 4. The molecule has 2 heterocycles. The Kier molecular flexibility index (Phi) is 4.74. The Morgan fingerprint density at radius 3 is 2.79 bits per heavy atom. The number of ether oxygens (including phenoxy) is 1. The van der Waals surface area contributed by atoms with Gasteiger partial charge in [-0.1, -0.05) is 6.07 Å². The summed E-state index contributed by atoms with van der Waals surface area (Å²) in [7, 11) is 1.55. The summed E-state index contributed by atoms with van der Waals surface area (Å²) in [5.74, 6) is 0.983. The summed E-state index contributed by atoms with van der Waals surface area (Å²) < 4.78 is 5.01. The van der Waals surface area contributed by atoms with Gasteiger partial charge in [0.2, 0.25) is 5.91 Å². The van der Waals surface area contributed by atoms with Gasteiger partial charge in [-0.05, 0) is 31.9 Å². The summed E-state index contributed by atoms with van der Waals surface area (Å²) in [5.41, 5.74) is 0. The third-order valence-corrected chi connectivity index (χ3v) is 3.54. The summed E-state index contributed by atoms with van der Waals surface area (Å²) in [6.45, 7) is 3.60. The van der Waals surface area contributed by atoms with Crippen LogP contribution in [0.4, 0.5) is 5.82 Å². The zero-order valence-electron chi connectivity index (χ0n) is 11.5. The first-order chi connectivity index (χ1) is 9.20. The Hall–Kier alpha value is -1.62. The van der Waals surface area contributed by atoms with Gasteiger partial charge >= 0.3 is 0 Å². The number of aromatic nitrogens is 1. The highest BCUT2D eigenvalue weighted by atomic mass is 16.5. The fraction of sp³-hybridized carbons (Fsp3) is 0.571. The fourth-order valence-electron chi connectivity index (χ4n) is 2.22. The Morgan fingerprint density at radius 1 is 1.47 bits per heavy atom. The van der Waals surface area contributed by atoms with E-state index in [4.69, 9.17) is 4.74 Å². The molecule has 1 amide bonds.